The van der Waals surface area contributed by atoms with E-state index in [1.54, 1.807) is 17.0 Å². The van der Waals surface area contributed by atoms with Gasteiger partial charge in [-0.1, -0.05) is 17.7 Å². The van der Waals surface area contributed by atoms with Gasteiger partial charge in [0.05, 0.1) is 4.90 Å². The van der Waals surface area contributed by atoms with Gasteiger partial charge in [-0.2, -0.15) is 4.31 Å². The van der Waals surface area contributed by atoms with Crippen LogP contribution in [0.2, 0.25) is 5.02 Å². The minimum atomic E-state index is -3.75. The minimum Gasteiger partial charge on any atom is -0.454 e. The third-order valence-corrected chi connectivity index (χ3v) is 8.61. The summed E-state index contributed by atoms with van der Waals surface area (Å²) in [5, 5.41) is 0.474. The maximum absolute atomic E-state index is 13.3. The lowest BCUT2D eigenvalue weighted by molar-refractivity contribution is -0.136. The number of carbonyl (C=O) groups excluding carboxylic acids is 1. The maximum Gasteiger partial charge on any atom is 0.243 e. The van der Waals surface area contributed by atoms with Crippen LogP contribution in [0.1, 0.15) is 18.4 Å². The van der Waals surface area contributed by atoms with Crippen molar-refractivity contribution >= 4 is 27.5 Å². The molecule has 33 heavy (non-hydrogen) atoms. The van der Waals surface area contributed by atoms with Gasteiger partial charge in [0, 0.05) is 44.3 Å². The van der Waals surface area contributed by atoms with Crippen molar-refractivity contribution in [2.75, 3.05) is 39.5 Å². The second-order valence-electron chi connectivity index (χ2n) is 8.52. The smallest absolute Gasteiger partial charge is 0.243 e. The van der Waals surface area contributed by atoms with E-state index < -0.39 is 16.1 Å². The summed E-state index contributed by atoms with van der Waals surface area (Å²) >= 11 is 5.90. The largest absolute Gasteiger partial charge is 0.454 e. The van der Waals surface area contributed by atoms with Crippen molar-refractivity contribution in [1.82, 2.24) is 14.1 Å². The van der Waals surface area contributed by atoms with Crippen LogP contribution in [0.25, 0.3) is 0 Å². The molecule has 2 saturated heterocycles. The highest BCUT2D eigenvalue weighted by Gasteiger charge is 2.41. The lowest BCUT2D eigenvalue weighted by atomic mass is 10.1. The fourth-order valence-corrected chi connectivity index (χ4v) is 6.43. The van der Waals surface area contributed by atoms with Crippen molar-refractivity contribution in [2.45, 2.75) is 30.3 Å². The zero-order valence-corrected chi connectivity index (χ0v) is 19.7. The third-order valence-electron chi connectivity index (χ3n) is 6.44. The summed E-state index contributed by atoms with van der Waals surface area (Å²) in [5.74, 6) is 1.43. The fourth-order valence-electron chi connectivity index (χ4n) is 4.65. The summed E-state index contributed by atoms with van der Waals surface area (Å²) in [7, 11) is -3.75. The van der Waals surface area contributed by atoms with Crippen LogP contribution in [0.5, 0.6) is 11.5 Å². The average Bonchev–Trinajstić information content (AvgIpc) is 3.49. The number of halogens is 1. The van der Waals surface area contributed by atoms with E-state index in [0.717, 1.165) is 36.7 Å². The first-order chi connectivity index (χ1) is 15.9. The predicted molar refractivity (Wildman–Crippen MR) is 123 cm³/mol. The highest BCUT2D eigenvalue weighted by Crippen LogP contribution is 2.33. The van der Waals surface area contributed by atoms with Gasteiger partial charge in [0.25, 0.3) is 0 Å². The van der Waals surface area contributed by atoms with Crippen molar-refractivity contribution in [3.63, 3.8) is 0 Å². The number of amides is 1. The standard InChI is InChI=1S/C23H26ClN3O5S/c24-18-4-6-19(7-5-18)33(29,30)27-9-1-2-20(27)23(28)26-12-10-25(11-13-26)15-17-3-8-21-22(14-17)32-16-31-21/h3-8,14,20H,1-2,9-13,15-16H2/t20-/m1/s1. The molecule has 176 valence electrons. The van der Waals surface area contributed by atoms with E-state index in [4.69, 9.17) is 21.1 Å². The molecule has 2 fully saturated rings. The zero-order chi connectivity index (χ0) is 23.0. The summed E-state index contributed by atoms with van der Waals surface area (Å²) in [6.07, 6.45) is 1.22. The number of rotatable bonds is 5. The van der Waals surface area contributed by atoms with E-state index in [1.807, 2.05) is 18.2 Å². The second kappa shape index (κ2) is 9.13. The van der Waals surface area contributed by atoms with Crippen LogP contribution in [0.4, 0.5) is 0 Å². The minimum absolute atomic E-state index is 0.104. The molecule has 2 aromatic rings. The number of benzene rings is 2. The lowest BCUT2D eigenvalue weighted by Crippen LogP contribution is -2.54. The number of ether oxygens (including phenoxy) is 2. The summed E-state index contributed by atoms with van der Waals surface area (Å²) < 4.78 is 38.5. The zero-order valence-electron chi connectivity index (χ0n) is 18.2. The molecule has 0 radical (unpaired) electrons. The number of piperazine rings is 1. The molecule has 5 rings (SSSR count). The maximum atomic E-state index is 13.3. The topological polar surface area (TPSA) is 79.4 Å². The quantitative estimate of drug-likeness (QED) is 0.639. The third kappa shape index (κ3) is 4.55. The average molecular weight is 492 g/mol. The second-order valence-corrected chi connectivity index (χ2v) is 10.8. The molecule has 1 atom stereocenters. The molecule has 0 N–H and O–H groups in total. The van der Waals surface area contributed by atoms with E-state index >= 15 is 0 Å². The molecule has 2 aromatic carbocycles. The van der Waals surface area contributed by atoms with Crippen LogP contribution in [0.3, 0.4) is 0 Å². The van der Waals surface area contributed by atoms with Crippen LogP contribution in [-0.4, -0.2) is 74.0 Å². The van der Waals surface area contributed by atoms with E-state index in [0.29, 0.717) is 37.5 Å². The molecule has 3 heterocycles. The van der Waals surface area contributed by atoms with E-state index in [1.165, 1.54) is 16.4 Å². The van der Waals surface area contributed by atoms with Gasteiger partial charge in [0.2, 0.25) is 22.7 Å². The number of carbonyl (C=O) groups is 1. The van der Waals surface area contributed by atoms with Crippen LogP contribution in [-0.2, 0) is 21.4 Å². The number of sulfonamides is 1. The van der Waals surface area contributed by atoms with E-state index in [-0.39, 0.29) is 17.6 Å². The molecular weight excluding hydrogens is 466 g/mol. The molecule has 0 spiro atoms. The molecule has 0 aliphatic carbocycles. The predicted octanol–water partition coefficient (Wildman–Crippen LogP) is 2.57. The Labute approximate surface area is 198 Å². The van der Waals surface area contributed by atoms with Gasteiger partial charge in [0.1, 0.15) is 6.04 Å². The Morgan fingerprint density at radius 1 is 0.970 bits per heavy atom. The number of nitrogens with zero attached hydrogens (tertiary/aromatic N) is 3. The Hall–Kier alpha value is -2.33. The number of fused-ring (bicyclic) bond motifs is 1. The SMILES string of the molecule is O=C([C@H]1CCCN1S(=O)(=O)c1ccc(Cl)cc1)N1CCN(Cc2ccc3c(c2)OCO3)CC1. The first kappa shape index (κ1) is 22.5. The molecule has 3 aliphatic heterocycles. The summed E-state index contributed by atoms with van der Waals surface area (Å²) in [6.45, 7) is 3.99. The summed E-state index contributed by atoms with van der Waals surface area (Å²) in [6, 6.07) is 11.4. The van der Waals surface area contributed by atoms with Crippen LogP contribution in [0.15, 0.2) is 47.4 Å². The van der Waals surface area contributed by atoms with Crippen molar-refractivity contribution in [3.05, 3.63) is 53.1 Å². The molecule has 0 bridgehead atoms. The normalized spacial score (nSPS) is 21.5. The highest BCUT2D eigenvalue weighted by atomic mass is 35.5. The van der Waals surface area contributed by atoms with Gasteiger partial charge < -0.3 is 14.4 Å². The van der Waals surface area contributed by atoms with Gasteiger partial charge in [-0.15, -0.1) is 0 Å². The molecule has 1 amide bonds. The first-order valence-electron chi connectivity index (χ1n) is 11.1. The van der Waals surface area contributed by atoms with Gasteiger partial charge in [-0.3, -0.25) is 9.69 Å². The van der Waals surface area contributed by atoms with Crippen LogP contribution in [0, 0.1) is 0 Å². The Bertz CT molecular complexity index is 1130. The molecule has 0 aromatic heterocycles. The van der Waals surface area contributed by atoms with Crippen molar-refractivity contribution < 1.29 is 22.7 Å². The van der Waals surface area contributed by atoms with Gasteiger partial charge in [-0.25, -0.2) is 8.42 Å². The van der Waals surface area contributed by atoms with Crippen LogP contribution < -0.4 is 9.47 Å². The molecule has 0 saturated carbocycles. The Kier molecular flexibility index (Phi) is 6.22. The lowest BCUT2D eigenvalue weighted by Gasteiger charge is -2.37. The van der Waals surface area contributed by atoms with Gasteiger partial charge in [-0.05, 0) is 54.8 Å². The van der Waals surface area contributed by atoms with E-state index in [9.17, 15) is 13.2 Å². The van der Waals surface area contributed by atoms with Crippen molar-refractivity contribution in [3.8, 4) is 11.5 Å². The summed E-state index contributed by atoms with van der Waals surface area (Å²) in [5.41, 5.74) is 1.13. The highest BCUT2D eigenvalue weighted by molar-refractivity contribution is 7.89. The molecular formula is C23H26ClN3O5S. The van der Waals surface area contributed by atoms with Crippen molar-refractivity contribution in [2.24, 2.45) is 0 Å². The summed E-state index contributed by atoms with van der Waals surface area (Å²) in [4.78, 5) is 17.5. The first-order valence-corrected chi connectivity index (χ1v) is 12.9. The number of hydrogen-bond acceptors (Lipinski definition) is 6. The van der Waals surface area contributed by atoms with Crippen LogP contribution >= 0.6 is 11.6 Å². The van der Waals surface area contributed by atoms with Gasteiger partial charge in [0.15, 0.2) is 11.5 Å². The molecule has 0 unspecified atom stereocenters. The van der Waals surface area contributed by atoms with Crippen molar-refractivity contribution in [1.29, 1.82) is 0 Å². The Morgan fingerprint density at radius 2 is 1.70 bits per heavy atom. The molecule has 10 heteroatoms. The molecule has 3 aliphatic rings. The Balaban J connectivity index is 1.21. The monoisotopic (exact) mass is 491 g/mol. The number of hydrogen-bond donors (Lipinski definition) is 0. The molecule has 8 nitrogen and oxygen atoms in total. The Morgan fingerprint density at radius 3 is 2.45 bits per heavy atom. The fraction of sp³-hybridized carbons (Fsp3) is 0.435. The van der Waals surface area contributed by atoms with E-state index in [2.05, 4.69) is 4.90 Å². The van der Waals surface area contributed by atoms with Gasteiger partial charge >= 0.3 is 0 Å².